The van der Waals surface area contributed by atoms with Gasteiger partial charge in [-0.25, -0.2) is 17.4 Å². The largest absolute Gasteiger partial charge is 0.396 e. The zero-order valence-electron chi connectivity index (χ0n) is 22.7. The summed E-state index contributed by atoms with van der Waals surface area (Å²) < 4.78 is 31.4. The fraction of sp³-hybridized carbons (Fsp3) is 0.121. The molecule has 0 saturated carbocycles. The van der Waals surface area contributed by atoms with E-state index >= 15 is 0 Å². The van der Waals surface area contributed by atoms with Crippen LogP contribution in [0.5, 0.6) is 0 Å². The van der Waals surface area contributed by atoms with Gasteiger partial charge in [-0.2, -0.15) is 0 Å². The number of aryl methyl sites for hydroxylation is 1. The summed E-state index contributed by atoms with van der Waals surface area (Å²) in [4.78, 5) is 5.19. The van der Waals surface area contributed by atoms with E-state index in [0.717, 1.165) is 22.4 Å². The number of nitrogens with zero attached hydrogens (tertiary/aromatic N) is 3. The lowest BCUT2D eigenvalue weighted by Crippen LogP contribution is -2.12. The van der Waals surface area contributed by atoms with E-state index in [2.05, 4.69) is 0 Å². The molecule has 9 heteroatoms. The zero-order chi connectivity index (χ0) is 29.4. The minimum absolute atomic E-state index is 0.0928. The number of aliphatic hydroxyl groups excluding tert-OH is 1. The highest BCUT2D eigenvalue weighted by Gasteiger charge is 2.27. The molecule has 0 aliphatic carbocycles. The van der Waals surface area contributed by atoms with Crippen LogP contribution in [0.15, 0.2) is 108 Å². The number of aromatic nitrogens is 3. The van der Waals surface area contributed by atoms with Gasteiger partial charge in [0.1, 0.15) is 5.82 Å². The van der Waals surface area contributed by atoms with Crippen LogP contribution in [-0.4, -0.2) is 33.7 Å². The van der Waals surface area contributed by atoms with Gasteiger partial charge >= 0.3 is 0 Å². The van der Waals surface area contributed by atoms with Crippen LogP contribution < -0.4 is 0 Å². The van der Waals surface area contributed by atoms with Crippen LogP contribution in [0.2, 0.25) is 10.0 Å². The Morgan fingerprint density at radius 2 is 1.55 bits per heavy atom. The van der Waals surface area contributed by atoms with E-state index in [0.29, 0.717) is 51.0 Å². The summed E-state index contributed by atoms with van der Waals surface area (Å²) in [5, 5.41) is 11.7. The fourth-order valence-electron chi connectivity index (χ4n) is 5.19. The Bertz CT molecular complexity index is 2000. The molecule has 2 aromatic heterocycles. The number of hydrogen-bond acceptors (Lipinski definition) is 4. The maximum atomic E-state index is 14.0. The highest BCUT2D eigenvalue weighted by molar-refractivity contribution is 7.90. The van der Waals surface area contributed by atoms with Crippen molar-refractivity contribution in [3.63, 3.8) is 0 Å². The van der Waals surface area contributed by atoms with E-state index in [9.17, 15) is 13.5 Å². The number of benzene rings is 4. The molecule has 4 aromatic carbocycles. The van der Waals surface area contributed by atoms with Crippen molar-refractivity contribution in [1.29, 1.82) is 0 Å². The fourth-order valence-corrected chi connectivity index (χ4v) is 6.84. The Morgan fingerprint density at radius 1 is 0.857 bits per heavy atom. The Hall–Kier alpha value is -3.88. The lowest BCUT2D eigenvalue weighted by atomic mass is 10.0. The van der Waals surface area contributed by atoms with E-state index in [-0.39, 0.29) is 11.5 Å². The number of fused-ring (bicyclic) bond motifs is 1. The molecule has 0 aliphatic rings. The molecule has 42 heavy (non-hydrogen) atoms. The smallest absolute Gasteiger partial charge is 0.268 e. The first kappa shape index (κ1) is 28.2. The topological polar surface area (TPSA) is 77.1 Å². The molecule has 6 nitrogen and oxygen atoms in total. The highest BCUT2D eigenvalue weighted by Crippen LogP contribution is 2.40. The van der Waals surface area contributed by atoms with Gasteiger partial charge in [0.05, 0.1) is 28.4 Å². The van der Waals surface area contributed by atoms with Crippen molar-refractivity contribution in [2.24, 2.45) is 0 Å². The van der Waals surface area contributed by atoms with Gasteiger partial charge in [-0.3, -0.25) is 0 Å². The van der Waals surface area contributed by atoms with Gasteiger partial charge in [-0.1, -0.05) is 89.4 Å². The van der Waals surface area contributed by atoms with Crippen molar-refractivity contribution < 1.29 is 13.5 Å². The Labute approximate surface area is 254 Å². The standard InChI is InChI=1S/C33H27Cl2N3O3S/c1-22-7-14-27(15-8-22)42(40,41)38-21-29(28-16-13-26(35)19-30(28)38)33-32(24-5-3-2-4-6-24)36-31(17-18-39)37(33)20-23-9-11-25(34)12-10-23/h2-16,19,21,39H,17-18,20H2,1H3. The van der Waals surface area contributed by atoms with Crippen molar-refractivity contribution >= 4 is 44.1 Å². The monoisotopic (exact) mass is 615 g/mol. The minimum Gasteiger partial charge on any atom is -0.396 e. The van der Waals surface area contributed by atoms with Crippen LogP contribution >= 0.6 is 23.2 Å². The van der Waals surface area contributed by atoms with E-state index in [4.69, 9.17) is 28.2 Å². The van der Waals surface area contributed by atoms with Gasteiger partial charge < -0.3 is 9.67 Å². The number of hydrogen-bond donors (Lipinski definition) is 1. The molecule has 0 spiro atoms. The van der Waals surface area contributed by atoms with Crippen molar-refractivity contribution in [3.8, 4) is 22.5 Å². The molecule has 0 radical (unpaired) electrons. The first-order valence-electron chi connectivity index (χ1n) is 13.4. The average molecular weight is 617 g/mol. The summed E-state index contributed by atoms with van der Waals surface area (Å²) in [7, 11) is -3.97. The summed E-state index contributed by atoms with van der Waals surface area (Å²) in [6.07, 6.45) is 1.97. The summed E-state index contributed by atoms with van der Waals surface area (Å²) in [6, 6.07) is 29.4. The maximum absolute atomic E-state index is 14.0. The number of imidazole rings is 1. The van der Waals surface area contributed by atoms with Crippen LogP contribution in [0.3, 0.4) is 0 Å². The van der Waals surface area contributed by atoms with Gasteiger partial charge in [-0.05, 0) is 48.9 Å². The molecule has 0 fully saturated rings. The lowest BCUT2D eigenvalue weighted by Gasteiger charge is -2.13. The number of aliphatic hydroxyl groups is 1. The third-order valence-corrected chi connectivity index (χ3v) is 9.42. The normalized spacial score (nSPS) is 11.8. The first-order valence-corrected chi connectivity index (χ1v) is 15.6. The summed E-state index contributed by atoms with van der Waals surface area (Å²) >= 11 is 12.6. The molecule has 0 atom stereocenters. The molecule has 6 aromatic rings. The Balaban J connectivity index is 1.66. The third-order valence-electron chi connectivity index (χ3n) is 7.25. The molecule has 212 valence electrons. The van der Waals surface area contributed by atoms with Crippen LogP contribution in [0.4, 0.5) is 0 Å². The minimum atomic E-state index is -3.97. The quantitative estimate of drug-likeness (QED) is 0.191. The zero-order valence-corrected chi connectivity index (χ0v) is 25.0. The Morgan fingerprint density at radius 3 is 2.24 bits per heavy atom. The first-order chi connectivity index (χ1) is 20.3. The molecule has 0 saturated heterocycles. The summed E-state index contributed by atoms with van der Waals surface area (Å²) in [5.41, 5.74) is 5.39. The van der Waals surface area contributed by atoms with Gasteiger partial charge in [0, 0.05) is 45.7 Å². The summed E-state index contributed by atoms with van der Waals surface area (Å²) in [5.74, 6) is 0.678. The predicted molar refractivity (Wildman–Crippen MR) is 169 cm³/mol. The van der Waals surface area contributed by atoms with Gasteiger partial charge in [0.2, 0.25) is 0 Å². The van der Waals surface area contributed by atoms with Crippen LogP contribution in [-0.2, 0) is 23.0 Å². The molecule has 0 aliphatic heterocycles. The van der Waals surface area contributed by atoms with Crippen molar-refractivity contribution in [1.82, 2.24) is 13.5 Å². The van der Waals surface area contributed by atoms with E-state index in [1.54, 1.807) is 42.6 Å². The van der Waals surface area contributed by atoms with Gasteiger partial charge in [0.25, 0.3) is 10.0 Å². The van der Waals surface area contributed by atoms with Crippen molar-refractivity contribution in [3.05, 3.63) is 130 Å². The van der Waals surface area contributed by atoms with Crippen LogP contribution in [0.25, 0.3) is 33.4 Å². The Kier molecular flexibility index (Phi) is 7.68. The second-order valence-electron chi connectivity index (χ2n) is 10.1. The van der Waals surface area contributed by atoms with Crippen LogP contribution in [0.1, 0.15) is 17.0 Å². The molecule has 2 heterocycles. The molecular weight excluding hydrogens is 589 g/mol. The third kappa shape index (κ3) is 5.25. The molecule has 1 N–H and O–H groups in total. The molecule has 0 bridgehead atoms. The number of rotatable bonds is 8. The second kappa shape index (κ2) is 11.4. The van der Waals surface area contributed by atoms with Crippen molar-refractivity contribution in [2.45, 2.75) is 24.8 Å². The van der Waals surface area contributed by atoms with Crippen molar-refractivity contribution in [2.75, 3.05) is 6.61 Å². The second-order valence-corrected chi connectivity index (χ2v) is 12.8. The van der Waals surface area contributed by atoms with E-state index in [1.165, 1.54) is 3.97 Å². The van der Waals surface area contributed by atoms with Gasteiger partial charge in [0.15, 0.2) is 0 Å². The summed E-state index contributed by atoms with van der Waals surface area (Å²) in [6.45, 7) is 2.26. The lowest BCUT2D eigenvalue weighted by molar-refractivity contribution is 0.295. The van der Waals surface area contributed by atoms with Crippen LogP contribution in [0, 0.1) is 6.92 Å². The van der Waals surface area contributed by atoms with E-state index < -0.39 is 10.0 Å². The molecule has 0 unspecified atom stereocenters. The van der Waals surface area contributed by atoms with Gasteiger partial charge in [-0.15, -0.1) is 0 Å². The average Bonchev–Trinajstić information content (AvgIpc) is 3.53. The molecular formula is C33H27Cl2N3O3S. The predicted octanol–water partition coefficient (Wildman–Crippen LogP) is 7.61. The van der Waals surface area contributed by atoms with E-state index in [1.807, 2.05) is 72.2 Å². The SMILES string of the molecule is Cc1ccc(S(=O)(=O)n2cc(-c3c(-c4ccccc4)nc(CCO)n3Cc3ccc(Cl)cc3)c3ccc(Cl)cc32)cc1. The number of halogens is 2. The maximum Gasteiger partial charge on any atom is 0.268 e. The molecule has 6 rings (SSSR count). The molecule has 0 amide bonds. The highest BCUT2D eigenvalue weighted by atomic mass is 35.5.